The van der Waals surface area contributed by atoms with Gasteiger partial charge in [0, 0.05) is 71.3 Å². The lowest BCUT2D eigenvalue weighted by Crippen LogP contribution is -2.62. The standard InChI is InChI=1S/C27H32N2O7.C22H24N2O6/c1-27(26(32)28-2,23(30)18-36-24-7-5-6-14-34-24)29(3)25(31)21-12-10-19(11-13-21)8-9-20-15-22(17-33-4)35-16-20;1-22(19(26)12-25,21(28)23-2)24(3)20(27)17-9-7-15(8-10-17)5-6-16-11-18(14-29-4)30-13-16/h10-13,15-16,24H,5-7,14,17-18H2,1-4H3,(H,28,32);7-11,13,25H,12,14H2,1-4H3,(H,23,28)/t24?,27-;22-/m11/s1. The summed E-state index contributed by atoms with van der Waals surface area (Å²) in [6, 6.07) is 16.6. The summed E-state index contributed by atoms with van der Waals surface area (Å²) in [6.07, 6.45) is 5.18. The molecule has 0 bridgehead atoms. The van der Waals surface area contributed by atoms with Crippen LogP contribution in [0.5, 0.6) is 0 Å². The van der Waals surface area contributed by atoms with E-state index < -0.39 is 59.2 Å². The van der Waals surface area contributed by atoms with Gasteiger partial charge in [-0.25, -0.2) is 0 Å². The fourth-order valence-corrected chi connectivity index (χ4v) is 6.53. The molecule has 66 heavy (non-hydrogen) atoms. The van der Waals surface area contributed by atoms with Crippen molar-refractivity contribution in [3.63, 3.8) is 0 Å². The number of aliphatic hydroxyl groups excluding tert-OH is 1. The van der Waals surface area contributed by atoms with E-state index in [1.54, 1.807) is 81.1 Å². The Morgan fingerprint density at radius 3 is 1.48 bits per heavy atom. The molecule has 17 heteroatoms. The van der Waals surface area contributed by atoms with Crippen molar-refractivity contribution in [2.24, 2.45) is 0 Å². The minimum absolute atomic E-state index is 0.273. The van der Waals surface area contributed by atoms with Crippen LogP contribution in [0.25, 0.3) is 0 Å². The monoisotopic (exact) mass is 908 g/mol. The molecule has 0 spiro atoms. The smallest absolute Gasteiger partial charge is 0.254 e. The van der Waals surface area contributed by atoms with Gasteiger partial charge in [-0.3, -0.25) is 28.8 Å². The first-order chi connectivity index (χ1) is 31.6. The van der Waals surface area contributed by atoms with E-state index in [4.69, 9.17) is 27.8 Å². The Kier molecular flexibility index (Phi) is 19.2. The van der Waals surface area contributed by atoms with Gasteiger partial charge in [-0.2, -0.15) is 0 Å². The summed E-state index contributed by atoms with van der Waals surface area (Å²) in [4.78, 5) is 78.6. The molecule has 3 atom stereocenters. The van der Waals surface area contributed by atoms with Crippen molar-refractivity contribution in [1.29, 1.82) is 0 Å². The van der Waals surface area contributed by atoms with Crippen LogP contribution in [0, 0.1) is 23.7 Å². The number of methoxy groups -OCH3 is 2. The van der Waals surface area contributed by atoms with Crippen molar-refractivity contribution in [1.82, 2.24) is 20.4 Å². The number of carbonyl (C=O) groups excluding carboxylic acids is 6. The van der Waals surface area contributed by atoms with E-state index in [9.17, 15) is 33.9 Å². The minimum atomic E-state index is -1.83. The van der Waals surface area contributed by atoms with Gasteiger partial charge in [0.25, 0.3) is 23.6 Å². The van der Waals surface area contributed by atoms with Gasteiger partial charge in [0.2, 0.25) is 0 Å². The number of likely N-dealkylation sites (N-methyl/N-ethyl adjacent to an activating group) is 4. The van der Waals surface area contributed by atoms with Crippen LogP contribution in [0.1, 0.15) is 87.6 Å². The topological polar surface area (TPSA) is 216 Å². The van der Waals surface area contributed by atoms with Gasteiger partial charge in [0.1, 0.15) is 50.5 Å². The Morgan fingerprint density at radius 2 is 1.11 bits per heavy atom. The maximum Gasteiger partial charge on any atom is 0.254 e. The molecular weight excluding hydrogens is 853 g/mol. The molecule has 1 unspecified atom stereocenters. The lowest BCUT2D eigenvalue weighted by Gasteiger charge is -2.36. The van der Waals surface area contributed by atoms with Crippen molar-refractivity contribution in [2.75, 3.05) is 62.2 Å². The molecule has 3 heterocycles. The lowest BCUT2D eigenvalue weighted by atomic mass is 9.92. The average molecular weight is 909 g/mol. The first-order valence-electron chi connectivity index (χ1n) is 20.8. The van der Waals surface area contributed by atoms with E-state index in [0.29, 0.717) is 65.6 Å². The first-order valence-corrected chi connectivity index (χ1v) is 20.8. The third kappa shape index (κ3) is 12.9. The number of rotatable bonds is 16. The number of Topliss-reactive ketones (excluding diaryl/α,β-unsaturated/α-hetero) is 2. The number of amides is 4. The van der Waals surface area contributed by atoms with Crippen LogP contribution in [-0.2, 0) is 51.3 Å². The number of nitrogens with one attached hydrogen (secondary N) is 2. The average Bonchev–Trinajstić information content (AvgIpc) is 4.02. The van der Waals surface area contributed by atoms with Crippen LogP contribution in [0.15, 0.2) is 82.0 Å². The Morgan fingerprint density at radius 1 is 0.682 bits per heavy atom. The molecule has 5 rings (SSSR count). The zero-order valence-corrected chi connectivity index (χ0v) is 38.4. The second-order valence-corrected chi connectivity index (χ2v) is 15.3. The summed E-state index contributed by atoms with van der Waals surface area (Å²) >= 11 is 0. The van der Waals surface area contributed by atoms with Gasteiger partial charge in [-0.1, -0.05) is 23.7 Å². The van der Waals surface area contributed by atoms with E-state index in [2.05, 4.69) is 34.3 Å². The molecule has 0 saturated carbocycles. The third-order valence-electron chi connectivity index (χ3n) is 10.9. The quantitative estimate of drug-likeness (QED) is 0.109. The second kappa shape index (κ2) is 24.4. The Balaban J connectivity index is 0.000000294. The van der Waals surface area contributed by atoms with Crippen molar-refractivity contribution < 1.29 is 61.7 Å². The molecule has 0 aliphatic carbocycles. The van der Waals surface area contributed by atoms with Crippen LogP contribution in [0.4, 0.5) is 0 Å². The minimum Gasteiger partial charge on any atom is -0.466 e. The highest BCUT2D eigenvalue weighted by molar-refractivity contribution is 6.15. The fraction of sp³-hybridized carbons (Fsp3) is 0.388. The van der Waals surface area contributed by atoms with Crippen LogP contribution in [-0.4, -0.2) is 130 Å². The zero-order chi connectivity index (χ0) is 48.4. The third-order valence-corrected chi connectivity index (χ3v) is 10.9. The van der Waals surface area contributed by atoms with Crippen molar-refractivity contribution >= 4 is 35.2 Å². The van der Waals surface area contributed by atoms with Crippen molar-refractivity contribution in [2.45, 2.75) is 63.7 Å². The number of nitrogens with zero attached hydrogens (tertiary/aromatic N) is 2. The second-order valence-electron chi connectivity index (χ2n) is 15.3. The summed E-state index contributed by atoms with van der Waals surface area (Å²) in [5, 5.41) is 14.1. The molecule has 4 amide bonds. The molecule has 1 aliphatic heterocycles. The summed E-state index contributed by atoms with van der Waals surface area (Å²) in [5.74, 6) is 9.65. The van der Waals surface area contributed by atoms with Gasteiger partial charge < -0.3 is 53.3 Å². The van der Waals surface area contributed by atoms with E-state index in [1.807, 2.05) is 0 Å². The number of benzene rings is 2. The fourth-order valence-electron chi connectivity index (χ4n) is 6.53. The van der Waals surface area contributed by atoms with Gasteiger partial charge in [-0.05, 0) is 93.8 Å². The predicted molar refractivity (Wildman–Crippen MR) is 239 cm³/mol. The van der Waals surface area contributed by atoms with Crippen molar-refractivity contribution in [3.8, 4) is 23.7 Å². The van der Waals surface area contributed by atoms with Crippen LogP contribution < -0.4 is 10.6 Å². The maximum atomic E-state index is 13.2. The van der Waals surface area contributed by atoms with Gasteiger partial charge in [0.05, 0.1) is 11.1 Å². The molecule has 4 aromatic rings. The maximum absolute atomic E-state index is 13.2. The largest absolute Gasteiger partial charge is 0.466 e. The Hall–Kier alpha value is -6.86. The molecule has 17 nitrogen and oxygen atoms in total. The van der Waals surface area contributed by atoms with Crippen molar-refractivity contribution in [3.05, 3.63) is 118 Å². The molecular formula is C49H56N4O13. The molecule has 0 radical (unpaired) electrons. The van der Waals surface area contributed by atoms with Gasteiger partial charge in [-0.15, -0.1) is 0 Å². The van der Waals surface area contributed by atoms with Crippen LogP contribution in [0.2, 0.25) is 0 Å². The normalized spacial score (nSPS) is 14.8. The van der Waals surface area contributed by atoms with E-state index >= 15 is 0 Å². The highest BCUT2D eigenvalue weighted by Crippen LogP contribution is 2.22. The summed E-state index contributed by atoms with van der Waals surface area (Å²) in [7, 11) is 8.71. The highest BCUT2D eigenvalue weighted by Gasteiger charge is 2.47. The first kappa shape index (κ1) is 51.8. The molecule has 1 saturated heterocycles. The SMILES string of the molecule is CNC(=O)[C@@](C)(C(=O)CO)N(C)C(=O)c1ccc(C#Cc2coc(COC)c2)cc1.CNC(=O)[C@@](C)(C(=O)COC1CCCCO1)N(C)C(=O)c1ccc(C#Cc2coc(COC)c2)cc1. The highest BCUT2D eigenvalue weighted by atomic mass is 16.7. The molecule has 2 aromatic heterocycles. The molecule has 2 aromatic carbocycles. The lowest BCUT2D eigenvalue weighted by molar-refractivity contribution is -0.174. The number of ketones is 2. The summed E-state index contributed by atoms with van der Waals surface area (Å²) in [5.41, 5.74) is -0.240. The van der Waals surface area contributed by atoms with Gasteiger partial charge >= 0.3 is 0 Å². The molecule has 350 valence electrons. The Labute approximate surface area is 384 Å². The van der Waals surface area contributed by atoms with E-state index in [0.717, 1.165) is 22.6 Å². The summed E-state index contributed by atoms with van der Waals surface area (Å²) in [6.45, 7) is 2.80. The number of hydrogen-bond donors (Lipinski definition) is 3. The molecule has 1 fully saturated rings. The van der Waals surface area contributed by atoms with Gasteiger partial charge in [0.15, 0.2) is 28.9 Å². The molecule has 1 aliphatic rings. The number of ether oxygens (including phenoxy) is 4. The zero-order valence-electron chi connectivity index (χ0n) is 38.4. The Bertz CT molecular complexity index is 2430. The number of hydrogen-bond acceptors (Lipinski definition) is 13. The van der Waals surface area contributed by atoms with E-state index in [1.165, 1.54) is 48.3 Å². The predicted octanol–water partition coefficient (Wildman–Crippen LogP) is 3.48. The molecule has 3 N–H and O–H groups in total. The van der Waals surface area contributed by atoms with Crippen LogP contribution in [0.3, 0.4) is 0 Å². The van der Waals surface area contributed by atoms with E-state index in [-0.39, 0.29) is 12.2 Å². The number of aliphatic hydroxyl groups is 1. The number of carbonyl (C=O) groups is 6. The van der Waals surface area contributed by atoms with Crippen LogP contribution >= 0.6 is 0 Å². The summed E-state index contributed by atoms with van der Waals surface area (Å²) < 4.78 is 31.8. The number of furan rings is 2.